The van der Waals surface area contributed by atoms with Crippen molar-refractivity contribution in [3.63, 3.8) is 0 Å². The number of ether oxygens (including phenoxy) is 1. The van der Waals surface area contributed by atoms with Gasteiger partial charge in [-0.25, -0.2) is 4.79 Å². The molecule has 1 fully saturated rings. The Morgan fingerprint density at radius 2 is 2.00 bits per heavy atom. The first kappa shape index (κ1) is 18.3. The van der Waals surface area contributed by atoms with Crippen molar-refractivity contribution in [1.82, 2.24) is 10.1 Å². The average molecular weight is 348 g/mol. The Morgan fingerprint density at radius 3 is 2.64 bits per heavy atom. The Kier molecular flexibility index (Phi) is 4.20. The number of hydrogen-bond donors (Lipinski definition) is 0. The SMILES string of the molecule is CN(C(=O)OC(C)(C)C)[C@H]1CC[C@H]2C(C)(C)c3oncc3C[C@]2(C)C1. The van der Waals surface area contributed by atoms with E-state index in [0.717, 1.165) is 31.4 Å². The van der Waals surface area contributed by atoms with Gasteiger partial charge in [0.25, 0.3) is 0 Å². The summed E-state index contributed by atoms with van der Waals surface area (Å²) in [5.41, 5.74) is 0.885. The Balaban J connectivity index is 1.80. The lowest BCUT2D eigenvalue weighted by atomic mass is 9.51. The number of fused-ring (bicyclic) bond motifs is 2. The highest BCUT2D eigenvalue weighted by molar-refractivity contribution is 5.68. The van der Waals surface area contributed by atoms with Gasteiger partial charge in [-0.15, -0.1) is 0 Å². The maximum absolute atomic E-state index is 12.5. The highest BCUT2D eigenvalue weighted by Crippen LogP contribution is 2.57. The van der Waals surface area contributed by atoms with E-state index in [0.29, 0.717) is 5.92 Å². The van der Waals surface area contributed by atoms with Gasteiger partial charge in [-0.05, 0) is 57.8 Å². The van der Waals surface area contributed by atoms with E-state index in [2.05, 4.69) is 25.9 Å². The zero-order valence-electron chi connectivity index (χ0n) is 16.7. The van der Waals surface area contributed by atoms with Gasteiger partial charge in [0.2, 0.25) is 0 Å². The minimum absolute atomic E-state index is 0.0196. The molecule has 0 aliphatic heterocycles. The summed E-state index contributed by atoms with van der Waals surface area (Å²) in [6.07, 6.45) is 5.70. The van der Waals surface area contributed by atoms with Gasteiger partial charge in [-0.3, -0.25) is 0 Å². The third kappa shape index (κ3) is 3.18. The molecule has 1 heterocycles. The summed E-state index contributed by atoms with van der Waals surface area (Å²) in [4.78, 5) is 14.3. The highest BCUT2D eigenvalue weighted by atomic mass is 16.6. The van der Waals surface area contributed by atoms with E-state index in [9.17, 15) is 4.79 Å². The largest absolute Gasteiger partial charge is 0.444 e. The van der Waals surface area contributed by atoms with Crippen LogP contribution in [-0.4, -0.2) is 34.8 Å². The second-order valence-corrected chi connectivity index (χ2v) is 9.81. The minimum atomic E-state index is -0.462. The van der Waals surface area contributed by atoms with E-state index >= 15 is 0 Å². The van der Waals surface area contributed by atoms with Crippen LogP contribution in [0.4, 0.5) is 4.79 Å². The molecule has 5 heteroatoms. The zero-order chi connectivity index (χ0) is 18.6. The summed E-state index contributed by atoms with van der Waals surface area (Å²) >= 11 is 0. The van der Waals surface area contributed by atoms with E-state index in [1.54, 1.807) is 0 Å². The molecule has 3 atom stereocenters. The summed E-state index contributed by atoms with van der Waals surface area (Å²) in [6.45, 7) is 12.6. The number of rotatable bonds is 1. The number of nitrogens with zero attached hydrogens (tertiary/aromatic N) is 2. The molecule has 1 saturated carbocycles. The van der Waals surface area contributed by atoms with Crippen molar-refractivity contribution in [3.8, 4) is 0 Å². The molecule has 1 aromatic heterocycles. The zero-order valence-corrected chi connectivity index (χ0v) is 16.7. The smallest absolute Gasteiger partial charge is 0.410 e. The molecule has 0 aromatic carbocycles. The first-order chi connectivity index (χ1) is 11.4. The second-order valence-electron chi connectivity index (χ2n) is 9.81. The summed E-state index contributed by atoms with van der Waals surface area (Å²) in [5.74, 6) is 1.58. The van der Waals surface area contributed by atoms with Gasteiger partial charge in [0, 0.05) is 24.1 Å². The monoisotopic (exact) mass is 348 g/mol. The van der Waals surface area contributed by atoms with Gasteiger partial charge in [0.15, 0.2) is 0 Å². The van der Waals surface area contributed by atoms with E-state index in [1.165, 1.54) is 5.56 Å². The number of aromatic nitrogens is 1. The Labute approximate surface area is 151 Å². The number of carbonyl (C=O) groups excluding carboxylic acids is 1. The quantitative estimate of drug-likeness (QED) is 0.747. The molecular formula is C20H32N2O3. The molecule has 1 amide bonds. The van der Waals surface area contributed by atoms with Crippen LogP contribution in [0, 0.1) is 11.3 Å². The van der Waals surface area contributed by atoms with Crippen molar-refractivity contribution < 1.29 is 14.1 Å². The fourth-order valence-corrected chi connectivity index (χ4v) is 5.24. The molecule has 140 valence electrons. The molecule has 0 spiro atoms. The number of carbonyl (C=O) groups is 1. The van der Waals surface area contributed by atoms with Crippen LogP contribution >= 0.6 is 0 Å². The molecule has 1 aromatic rings. The highest BCUT2D eigenvalue weighted by Gasteiger charge is 2.54. The van der Waals surface area contributed by atoms with Crippen molar-refractivity contribution in [2.45, 2.75) is 84.3 Å². The van der Waals surface area contributed by atoms with E-state index in [-0.39, 0.29) is 23.0 Å². The minimum Gasteiger partial charge on any atom is -0.444 e. The molecule has 3 rings (SSSR count). The van der Waals surface area contributed by atoms with Gasteiger partial charge in [0.05, 0.1) is 6.20 Å². The topological polar surface area (TPSA) is 55.6 Å². The van der Waals surface area contributed by atoms with Crippen LogP contribution < -0.4 is 0 Å². The fraction of sp³-hybridized carbons (Fsp3) is 0.800. The molecule has 2 aliphatic carbocycles. The molecule has 5 nitrogen and oxygen atoms in total. The molecule has 25 heavy (non-hydrogen) atoms. The maximum Gasteiger partial charge on any atom is 0.410 e. The maximum atomic E-state index is 12.5. The van der Waals surface area contributed by atoms with Gasteiger partial charge < -0.3 is 14.2 Å². The van der Waals surface area contributed by atoms with Crippen LogP contribution in [-0.2, 0) is 16.6 Å². The average Bonchev–Trinajstić information content (AvgIpc) is 2.92. The van der Waals surface area contributed by atoms with Crippen LogP contribution in [0.5, 0.6) is 0 Å². The lowest BCUT2D eigenvalue weighted by Gasteiger charge is -2.54. The standard InChI is InChI=1S/C20H32N2O3/c1-18(2,3)24-17(23)22(7)14-8-9-15-19(4,5)16-13(12-21-25-16)10-20(15,6)11-14/h12,14-15H,8-11H2,1-7H3/t14-,15-,20+/m0/s1. The Hall–Kier alpha value is -1.52. The van der Waals surface area contributed by atoms with Crippen molar-refractivity contribution >= 4 is 6.09 Å². The van der Waals surface area contributed by atoms with Crippen LogP contribution in [0.2, 0.25) is 0 Å². The van der Waals surface area contributed by atoms with Crippen LogP contribution in [0.3, 0.4) is 0 Å². The van der Waals surface area contributed by atoms with Crippen LogP contribution in [0.25, 0.3) is 0 Å². The van der Waals surface area contributed by atoms with Gasteiger partial charge >= 0.3 is 6.09 Å². The third-order valence-electron chi connectivity index (χ3n) is 6.26. The predicted molar refractivity (Wildman–Crippen MR) is 96.5 cm³/mol. The molecule has 0 bridgehead atoms. The second kappa shape index (κ2) is 5.75. The predicted octanol–water partition coefficient (Wildman–Crippen LogP) is 4.55. The van der Waals surface area contributed by atoms with E-state index in [1.807, 2.05) is 38.9 Å². The van der Waals surface area contributed by atoms with E-state index < -0.39 is 5.60 Å². The fourth-order valence-electron chi connectivity index (χ4n) is 5.24. The lowest BCUT2D eigenvalue weighted by molar-refractivity contribution is -0.0230. The molecule has 0 N–H and O–H groups in total. The van der Waals surface area contributed by atoms with Crippen molar-refractivity contribution in [2.75, 3.05) is 7.05 Å². The van der Waals surface area contributed by atoms with Gasteiger partial charge in [0.1, 0.15) is 11.4 Å². The van der Waals surface area contributed by atoms with Crippen molar-refractivity contribution in [1.29, 1.82) is 0 Å². The Bertz CT molecular complexity index is 658. The third-order valence-corrected chi connectivity index (χ3v) is 6.26. The number of hydrogen-bond acceptors (Lipinski definition) is 4. The summed E-state index contributed by atoms with van der Waals surface area (Å²) in [7, 11) is 1.88. The molecule has 0 saturated heterocycles. The lowest BCUT2D eigenvalue weighted by Crippen LogP contribution is -2.54. The summed E-state index contributed by atoms with van der Waals surface area (Å²) < 4.78 is 11.2. The molecular weight excluding hydrogens is 316 g/mol. The Morgan fingerprint density at radius 1 is 1.32 bits per heavy atom. The van der Waals surface area contributed by atoms with Crippen molar-refractivity contribution in [3.05, 3.63) is 17.5 Å². The summed E-state index contributed by atoms with van der Waals surface area (Å²) in [6, 6.07) is 0.216. The molecule has 0 unspecified atom stereocenters. The van der Waals surface area contributed by atoms with Crippen LogP contribution in [0.1, 0.15) is 72.1 Å². The molecule has 2 aliphatic rings. The normalized spacial score (nSPS) is 31.0. The van der Waals surface area contributed by atoms with E-state index in [4.69, 9.17) is 9.26 Å². The van der Waals surface area contributed by atoms with Gasteiger partial charge in [-0.1, -0.05) is 25.9 Å². The van der Waals surface area contributed by atoms with Crippen LogP contribution in [0.15, 0.2) is 10.7 Å². The molecule has 0 radical (unpaired) electrons. The first-order valence-electron chi connectivity index (χ1n) is 9.34. The van der Waals surface area contributed by atoms with Crippen molar-refractivity contribution in [2.24, 2.45) is 11.3 Å². The number of amides is 1. The van der Waals surface area contributed by atoms with Gasteiger partial charge in [-0.2, -0.15) is 0 Å². The first-order valence-corrected chi connectivity index (χ1v) is 9.34. The summed E-state index contributed by atoms with van der Waals surface area (Å²) in [5, 5.41) is 4.05.